The normalized spacial score (nSPS) is 8.90. The minimum absolute atomic E-state index is 0. The molecule has 0 aliphatic carbocycles. The Hall–Kier alpha value is -0.369. The van der Waals surface area contributed by atoms with Crippen LogP contribution in [0.2, 0.25) is 0 Å². The summed E-state index contributed by atoms with van der Waals surface area (Å²) >= 11 is 0. The predicted octanol–water partition coefficient (Wildman–Crippen LogP) is 4.31. The Morgan fingerprint density at radius 1 is 0.650 bits per heavy atom. The number of hydrogen-bond acceptors (Lipinski definition) is 0. The Balaban J connectivity index is 0. The van der Waals surface area contributed by atoms with Crippen molar-refractivity contribution in [3.63, 3.8) is 0 Å². The average Bonchev–Trinajstić information content (AvgIpc) is 3.07. The fourth-order valence-electron chi connectivity index (χ4n) is 1.92. The van der Waals surface area contributed by atoms with E-state index in [1.807, 2.05) is 0 Å². The van der Waals surface area contributed by atoms with Gasteiger partial charge in [-0.25, -0.2) is 24.3 Å². The standard InChI is InChI=1S/2C9H13.H3Si.Ti/c2*1-2-3-6-9-7-4-5-8-9;;/h2*4-5,7-8H,2-3,6H2,1H3;1H3;/q2*-1;;+2. The smallest absolute Gasteiger partial charge is 0.213 e. The van der Waals surface area contributed by atoms with Gasteiger partial charge in [0.1, 0.15) is 0 Å². The maximum atomic E-state index is 2.23. The summed E-state index contributed by atoms with van der Waals surface area (Å²) in [6, 6.07) is 17.2. The quantitative estimate of drug-likeness (QED) is 0.549. The molecular formula is C18H29SiTi. The molecule has 0 N–H and O–H groups in total. The van der Waals surface area contributed by atoms with E-state index in [1.54, 1.807) is 0 Å². The molecule has 0 unspecified atom stereocenters. The van der Waals surface area contributed by atoms with E-state index in [9.17, 15) is 0 Å². The van der Waals surface area contributed by atoms with Crippen LogP contribution in [-0.2, 0) is 34.6 Å². The Kier molecular flexibility index (Phi) is 16.5. The third-order valence-corrected chi connectivity index (χ3v) is 3.10. The molecule has 0 heterocycles. The molecule has 1 radical (unpaired) electrons. The Labute approximate surface area is 144 Å². The van der Waals surface area contributed by atoms with Gasteiger partial charge < -0.3 is 0 Å². The van der Waals surface area contributed by atoms with Crippen LogP contribution in [0.25, 0.3) is 0 Å². The van der Waals surface area contributed by atoms with Gasteiger partial charge in [-0.3, -0.25) is 0 Å². The van der Waals surface area contributed by atoms with Gasteiger partial charge in [0.05, 0.1) is 0 Å². The Morgan fingerprint density at radius 2 is 0.950 bits per heavy atom. The first-order valence-corrected chi connectivity index (χ1v) is 7.28. The topological polar surface area (TPSA) is 0 Å². The summed E-state index contributed by atoms with van der Waals surface area (Å²) in [6.45, 7) is 4.45. The molecule has 0 bridgehead atoms. The van der Waals surface area contributed by atoms with E-state index in [-0.39, 0.29) is 32.7 Å². The van der Waals surface area contributed by atoms with Crippen LogP contribution in [0.4, 0.5) is 0 Å². The predicted molar refractivity (Wildman–Crippen MR) is 91.2 cm³/mol. The van der Waals surface area contributed by atoms with Crippen molar-refractivity contribution in [3.8, 4) is 0 Å². The molecule has 2 rings (SSSR count). The second-order valence-electron chi connectivity index (χ2n) is 4.79. The summed E-state index contributed by atoms with van der Waals surface area (Å²) < 4.78 is 0. The minimum atomic E-state index is 0. The zero-order valence-electron chi connectivity index (χ0n) is 13.4. The maximum absolute atomic E-state index is 2.23. The molecular weight excluding hydrogens is 292 g/mol. The van der Waals surface area contributed by atoms with Crippen molar-refractivity contribution < 1.29 is 21.7 Å². The zero-order chi connectivity index (χ0) is 13.1. The van der Waals surface area contributed by atoms with Crippen molar-refractivity contribution in [3.05, 3.63) is 59.7 Å². The SMILES string of the molecule is CCCC[c-]1cccc1.CCCC[c-]1cccc1.[SiH3].[Ti+2]. The third kappa shape index (κ3) is 10.4. The molecule has 109 valence electrons. The largest absolute Gasteiger partial charge is 2.00 e. The molecule has 2 heteroatoms. The van der Waals surface area contributed by atoms with Crippen LogP contribution in [0, 0.1) is 0 Å². The Morgan fingerprint density at radius 3 is 1.20 bits per heavy atom. The number of unbranched alkanes of at least 4 members (excludes halogenated alkanes) is 2. The van der Waals surface area contributed by atoms with Crippen molar-refractivity contribution >= 4 is 11.0 Å². The second-order valence-corrected chi connectivity index (χ2v) is 4.79. The van der Waals surface area contributed by atoms with Gasteiger partial charge in [-0.15, -0.1) is 0 Å². The van der Waals surface area contributed by atoms with Gasteiger partial charge in [0.15, 0.2) is 0 Å². The van der Waals surface area contributed by atoms with E-state index in [1.165, 1.54) is 49.7 Å². The molecule has 0 saturated heterocycles. The first kappa shape index (κ1) is 21.9. The first-order valence-electron chi connectivity index (χ1n) is 7.28. The molecule has 0 aliphatic heterocycles. The number of rotatable bonds is 6. The summed E-state index contributed by atoms with van der Waals surface area (Å²) in [5.41, 5.74) is 2.97. The van der Waals surface area contributed by atoms with Gasteiger partial charge >= 0.3 is 21.7 Å². The molecule has 0 saturated carbocycles. The van der Waals surface area contributed by atoms with Gasteiger partial charge in [-0.05, 0) is 11.0 Å². The van der Waals surface area contributed by atoms with E-state index >= 15 is 0 Å². The summed E-state index contributed by atoms with van der Waals surface area (Å²) in [4.78, 5) is 0. The molecule has 0 atom stereocenters. The fourth-order valence-corrected chi connectivity index (χ4v) is 1.92. The van der Waals surface area contributed by atoms with Gasteiger partial charge in [0.2, 0.25) is 0 Å². The molecule has 0 aromatic heterocycles. The molecule has 2 aromatic rings. The minimum Gasteiger partial charge on any atom is -0.213 e. The average molecular weight is 321 g/mol. The first-order chi connectivity index (χ1) is 8.86. The van der Waals surface area contributed by atoms with Crippen molar-refractivity contribution in [1.29, 1.82) is 0 Å². The molecule has 0 amide bonds. The summed E-state index contributed by atoms with van der Waals surface area (Å²) in [5.74, 6) is 0. The maximum Gasteiger partial charge on any atom is 2.00 e. The monoisotopic (exact) mass is 321 g/mol. The Bertz CT molecular complexity index is 324. The molecule has 20 heavy (non-hydrogen) atoms. The van der Waals surface area contributed by atoms with Gasteiger partial charge in [-0.2, -0.15) is 35.4 Å². The molecule has 0 spiro atoms. The van der Waals surface area contributed by atoms with Gasteiger partial charge in [0, 0.05) is 0 Å². The summed E-state index contributed by atoms with van der Waals surface area (Å²) in [5, 5.41) is 0. The summed E-state index contributed by atoms with van der Waals surface area (Å²) in [6.07, 6.45) is 7.75. The second kappa shape index (κ2) is 15.0. The van der Waals surface area contributed by atoms with Gasteiger partial charge in [-0.1, -0.05) is 52.4 Å². The fraction of sp³-hybridized carbons (Fsp3) is 0.444. The van der Waals surface area contributed by atoms with Crippen LogP contribution in [0.15, 0.2) is 48.5 Å². The summed E-state index contributed by atoms with van der Waals surface area (Å²) in [7, 11) is 0. The van der Waals surface area contributed by atoms with Crippen molar-refractivity contribution in [2.45, 2.75) is 52.4 Å². The molecule has 0 aliphatic rings. The van der Waals surface area contributed by atoms with Crippen molar-refractivity contribution in [1.82, 2.24) is 0 Å². The van der Waals surface area contributed by atoms with Crippen molar-refractivity contribution in [2.75, 3.05) is 0 Å². The van der Waals surface area contributed by atoms with E-state index in [4.69, 9.17) is 0 Å². The van der Waals surface area contributed by atoms with Crippen LogP contribution in [0.5, 0.6) is 0 Å². The third-order valence-electron chi connectivity index (χ3n) is 3.10. The van der Waals surface area contributed by atoms with Crippen LogP contribution < -0.4 is 0 Å². The van der Waals surface area contributed by atoms with Crippen LogP contribution in [0.3, 0.4) is 0 Å². The van der Waals surface area contributed by atoms with Crippen LogP contribution in [-0.4, -0.2) is 11.0 Å². The zero-order valence-corrected chi connectivity index (χ0v) is 16.9. The number of hydrogen-bond donors (Lipinski definition) is 0. The van der Waals surface area contributed by atoms with E-state index in [0.717, 1.165) is 0 Å². The number of aryl methyl sites for hydroxylation is 2. The van der Waals surface area contributed by atoms with E-state index in [0.29, 0.717) is 0 Å². The molecule has 0 fully saturated rings. The van der Waals surface area contributed by atoms with Crippen molar-refractivity contribution in [2.24, 2.45) is 0 Å². The van der Waals surface area contributed by atoms with Crippen LogP contribution in [0.1, 0.15) is 50.7 Å². The van der Waals surface area contributed by atoms with E-state index < -0.39 is 0 Å². The molecule has 0 nitrogen and oxygen atoms in total. The van der Waals surface area contributed by atoms with E-state index in [2.05, 4.69) is 62.4 Å². The molecule has 2 aromatic carbocycles. The van der Waals surface area contributed by atoms with Crippen LogP contribution >= 0.6 is 0 Å². The van der Waals surface area contributed by atoms with Gasteiger partial charge in [0.25, 0.3) is 0 Å².